The summed E-state index contributed by atoms with van der Waals surface area (Å²) in [4.78, 5) is 0. The molecule has 0 aromatic heterocycles. The van der Waals surface area contributed by atoms with Crippen molar-refractivity contribution in [1.29, 1.82) is 0 Å². The van der Waals surface area contributed by atoms with E-state index in [0.29, 0.717) is 36.8 Å². The van der Waals surface area contributed by atoms with E-state index in [0.717, 1.165) is 25.2 Å². The second kappa shape index (κ2) is 9.45. The number of alkyl halides is 2. The topological polar surface area (TPSA) is 9.23 Å². The molecular formula is C22H35F5O. The lowest BCUT2D eigenvalue weighted by molar-refractivity contribution is -0.223. The molecule has 28 heavy (non-hydrogen) atoms. The minimum Gasteiger partial charge on any atom is -0.432 e. The number of rotatable bonds is 5. The van der Waals surface area contributed by atoms with Crippen molar-refractivity contribution in [3.8, 4) is 5.75 Å². The molecule has 0 saturated heterocycles. The van der Waals surface area contributed by atoms with Crippen LogP contribution in [0.5, 0.6) is 5.75 Å². The Morgan fingerprint density at radius 3 is 1.86 bits per heavy atom. The molecular weight excluding hydrogens is 375 g/mol. The highest BCUT2D eigenvalue weighted by Crippen LogP contribution is 2.43. The minimum atomic E-state index is -3.53. The molecule has 3 rings (SSSR count). The number of halogens is 5. The Bertz CT molecular complexity index is 619. The zero-order chi connectivity index (χ0) is 19.6. The zero-order valence-corrected chi connectivity index (χ0v) is 15.6. The van der Waals surface area contributed by atoms with Crippen LogP contribution in [0.1, 0.15) is 75.0 Å². The van der Waals surface area contributed by atoms with Crippen LogP contribution < -0.4 is 4.74 Å². The Labute approximate surface area is 167 Å². The van der Waals surface area contributed by atoms with Gasteiger partial charge in [-0.2, -0.15) is 8.78 Å². The first-order valence-corrected chi connectivity index (χ1v) is 9.96. The van der Waals surface area contributed by atoms with Gasteiger partial charge in [0.2, 0.25) is 0 Å². The highest BCUT2D eigenvalue weighted by atomic mass is 19.3. The van der Waals surface area contributed by atoms with Gasteiger partial charge in [0.05, 0.1) is 5.92 Å². The van der Waals surface area contributed by atoms with Gasteiger partial charge in [-0.05, 0) is 49.9 Å². The predicted octanol–water partition coefficient (Wildman–Crippen LogP) is 8.23. The normalized spacial score (nSPS) is 28.5. The average molecular weight is 411 g/mol. The fourth-order valence-corrected chi connectivity index (χ4v) is 4.60. The fourth-order valence-electron chi connectivity index (χ4n) is 4.60. The molecule has 2 fully saturated rings. The SMILES string of the molecule is C.CC1CCC(CC2CCC(C(F)(F)Oc3cc(F)c(F)c(F)c3)CC2)CC1.[HH].[HH]. The van der Waals surface area contributed by atoms with Crippen LogP contribution >= 0.6 is 0 Å². The second-order valence-electron chi connectivity index (χ2n) is 8.44. The summed E-state index contributed by atoms with van der Waals surface area (Å²) in [5.41, 5.74) is 0. The van der Waals surface area contributed by atoms with Crippen LogP contribution in [0, 0.1) is 41.1 Å². The Morgan fingerprint density at radius 2 is 1.36 bits per heavy atom. The molecule has 0 bridgehead atoms. The highest BCUT2D eigenvalue weighted by molar-refractivity contribution is 5.25. The van der Waals surface area contributed by atoms with Gasteiger partial charge in [-0.1, -0.05) is 40.0 Å². The fraction of sp³-hybridized carbons (Fsp3) is 0.727. The lowest BCUT2D eigenvalue weighted by Crippen LogP contribution is -2.37. The molecule has 0 N–H and O–H groups in total. The summed E-state index contributed by atoms with van der Waals surface area (Å²) in [6, 6.07) is 0.921. The molecule has 1 nitrogen and oxygen atoms in total. The van der Waals surface area contributed by atoms with Crippen molar-refractivity contribution in [3.05, 3.63) is 29.6 Å². The van der Waals surface area contributed by atoms with Crippen molar-refractivity contribution in [2.75, 3.05) is 0 Å². The third-order valence-corrected chi connectivity index (χ3v) is 6.34. The van der Waals surface area contributed by atoms with Gasteiger partial charge < -0.3 is 4.74 Å². The molecule has 2 aliphatic rings. The molecule has 0 spiro atoms. The summed E-state index contributed by atoms with van der Waals surface area (Å²) in [6.45, 7) is 2.28. The first-order chi connectivity index (χ1) is 12.7. The lowest BCUT2D eigenvalue weighted by Gasteiger charge is -2.35. The molecule has 1 aromatic carbocycles. The molecule has 2 aliphatic carbocycles. The quantitative estimate of drug-likeness (QED) is 0.351. The van der Waals surface area contributed by atoms with E-state index in [1.165, 1.54) is 25.7 Å². The van der Waals surface area contributed by atoms with Crippen molar-refractivity contribution in [3.63, 3.8) is 0 Å². The third kappa shape index (κ3) is 5.60. The first-order valence-electron chi connectivity index (χ1n) is 9.96. The van der Waals surface area contributed by atoms with E-state index >= 15 is 0 Å². The number of ether oxygens (including phenoxy) is 1. The Morgan fingerprint density at radius 1 is 0.893 bits per heavy atom. The summed E-state index contributed by atoms with van der Waals surface area (Å²) in [5.74, 6) is -4.46. The predicted molar refractivity (Wildman–Crippen MR) is 104 cm³/mol. The summed E-state index contributed by atoms with van der Waals surface area (Å²) in [5, 5.41) is 0. The summed E-state index contributed by atoms with van der Waals surface area (Å²) >= 11 is 0. The van der Waals surface area contributed by atoms with Gasteiger partial charge in [-0.3, -0.25) is 0 Å². The third-order valence-electron chi connectivity index (χ3n) is 6.34. The molecule has 6 heteroatoms. The average Bonchev–Trinajstić information content (AvgIpc) is 2.62. The van der Waals surface area contributed by atoms with E-state index in [1.807, 2.05) is 0 Å². The Balaban J connectivity index is 0.00000280. The molecule has 0 unspecified atom stereocenters. The Kier molecular flexibility index (Phi) is 7.74. The van der Waals surface area contributed by atoms with Crippen molar-refractivity contribution in [1.82, 2.24) is 0 Å². The van der Waals surface area contributed by atoms with Crippen molar-refractivity contribution < 1.29 is 29.5 Å². The summed E-state index contributed by atoms with van der Waals surface area (Å²) in [6.07, 6.45) is 4.68. The molecule has 0 aliphatic heterocycles. The van der Waals surface area contributed by atoms with E-state index in [4.69, 9.17) is 0 Å². The Hall–Kier alpha value is -1.33. The molecule has 1 aromatic rings. The standard InChI is InChI=1S/C21H27F5O.CH4.2H2/c1-13-2-4-14(5-3-13)10-15-6-8-16(9-7-15)21(25,26)27-17-11-18(22)20(24)19(23)12-17;;;/h11-16H,2-10H2,1H3;1H4;2*1H. The molecule has 0 amide bonds. The largest absolute Gasteiger partial charge is 0.432 e. The highest BCUT2D eigenvalue weighted by Gasteiger charge is 2.44. The van der Waals surface area contributed by atoms with Crippen LogP contribution in [0.3, 0.4) is 0 Å². The van der Waals surface area contributed by atoms with E-state index in [1.54, 1.807) is 0 Å². The van der Waals surface area contributed by atoms with Gasteiger partial charge in [0.1, 0.15) is 5.75 Å². The molecule has 0 heterocycles. The maximum Gasteiger partial charge on any atom is 0.400 e. The van der Waals surface area contributed by atoms with Crippen LogP contribution in [0.4, 0.5) is 22.0 Å². The van der Waals surface area contributed by atoms with Crippen LogP contribution in [-0.4, -0.2) is 6.11 Å². The molecule has 0 radical (unpaired) electrons. The van der Waals surface area contributed by atoms with E-state index in [-0.39, 0.29) is 10.3 Å². The number of benzene rings is 1. The van der Waals surface area contributed by atoms with Gasteiger partial charge in [0.15, 0.2) is 17.5 Å². The van der Waals surface area contributed by atoms with Crippen molar-refractivity contribution >= 4 is 0 Å². The van der Waals surface area contributed by atoms with Gasteiger partial charge in [-0.15, -0.1) is 0 Å². The van der Waals surface area contributed by atoms with E-state index < -0.39 is 35.2 Å². The maximum atomic E-state index is 14.4. The van der Waals surface area contributed by atoms with Gasteiger partial charge in [0.25, 0.3) is 0 Å². The van der Waals surface area contributed by atoms with Crippen LogP contribution in [0.15, 0.2) is 12.1 Å². The number of hydrogen-bond acceptors (Lipinski definition) is 1. The maximum absolute atomic E-state index is 14.4. The summed E-state index contributed by atoms with van der Waals surface area (Å²) in [7, 11) is 0. The summed E-state index contributed by atoms with van der Waals surface area (Å²) < 4.78 is 72.8. The van der Waals surface area contributed by atoms with Crippen LogP contribution in [0.2, 0.25) is 0 Å². The van der Waals surface area contributed by atoms with E-state index in [9.17, 15) is 22.0 Å². The van der Waals surface area contributed by atoms with Gasteiger partial charge in [-0.25, -0.2) is 13.2 Å². The lowest BCUT2D eigenvalue weighted by atomic mass is 9.73. The smallest absolute Gasteiger partial charge is 0.400 e. The monoisotopic (exact) mass is 410 g/mol. The molecule has 164 valence electrons. The van der Waals surface area contributed by atoms with Crippen molar-refractivity contribution in [2.24, 2.45) is 23.7 Å². The zero-order valence-electron chi connectivity index (χ0n) is 15.6. The van der Waals surface area contributed by atoms with Gasteiger partial charge >= 0.3 is 6.11 Å². The van der Waals surface area contributed by atoms with Crippen LogP contribution in [-0.2, 0) is 0 Å². The van der Waals surface area contributed by atoms with E-state index in [2.05, 4.69) is 11.7 Å². The number of hydrogen-bond donors (Lipinski definition) is 0. The minimum absolute atomic E-state index is 0. The molecule has 2 saturated carbocycles. The van der Waals surface area contributed by atoms with Gasteiger partial charge in [0, 0.05) is 15.0 Å². The first kappa shape index (κ1) is 23.0. The molecule has 0 atom stereocenters. The van der Waals surface area contributed by atoms with Crippen molar-refractivity contribution in [2.45, 2.75) is 78.2 Å². The van der Waals surface area contributed by atoms with Crippen LogP contribution in [0.25, 0.3) is 0 Å². The second-order valence-corrected chi connectivity index (χ2v) is 8.44.